The summed E-state index contributed by atoms with van der Waals surface area (Å²) in [6.07, 6.45) is -0.391. The first-order chi connectivity index (χ1) is 20.7. The van der Waals surface area contributed by atoms with Crippen LogP contribution in [0.5, 0.6) is 5.75 Å². The Balaban J connectivity index is 1.82. The average molecular weight is 643 g/mol. The number of carbonyl (C=O) groups excluding carboxylic acids is 1. The molecule has 0 bridgehead atoms. The fourth-order valence-corrected chi connectivity index (χ4v) is 7.35. The van der Waals surface area contributed by atoms with E-state index in [9.17, 15) is 20.0 Å². The van der Waals surface area contributed by atoms with Gasteiger partial charge in [-0.1, -0.05) is 62.2 Å². The van der Waals surface area contributed by atoms with E-state index in [1.807, 2.05) is 25.7 Å². The molecular formula is C33H31Cl2F2N3O4. The Bertz CT molecular complexity index is 1710. The van der Waals surface area contributed by atoms with E-state index in [4.69, 9.17) is 27.9 Å². The van der Waals surface area contributed by atoms with Crippen molar-refractivity contribution in [1.29, 1.82) is 5.26 Å². The molecule has 0 aromatic heterocycles. The Kier molecular flexibility index (Phi) is 8.17. The van der Waals surface area contributed by atoms with Gasteiger partial charge in [0, 0.05) is 22.5 Å². The normalized spacial score (nSPS) is 25.2. The van der Waals surface area contributed by atoms with Crippen molar-refractivity contribution in [3.05, 3.63) is 93.0 Å². The van der Waals surface area contributed by atoms with Crippen molar-refractivity contribution in [3.63, 3.8) is 0 Å². The van der Waals surface area contributed by atoms with Crippen molar-refractivity contribution in [1.82, 2.24) is 4.90 Å². The number of anilines is 1. The molecule has 0 unspecified atom stereocenters. The first-order valence-corrected chi connectivity index (χ1v) is 14.8. The van der Waals surface area contributed by atoms with E-state index in [0.717, 1.165) is 6.07 Å². The van der Waals surface area contributed by atoms with Gasteiger partial charge in [-0.25, -0.2) is 13.6 Å². The average Bonchev–Trinajstić information content (AvgIpc) is 3.37. The monoisotopic (exact) mass is 641 g/mol. The molecule has 5 atom stereocenters. The molecule has 2 saturated heterocycles. The maximum Gasteiger partial charge on any atom is 0.335 e. The molecule has 2 aliphatic heterocycles. The molecule has 2 fully saturated rings. The number of benzene rings is 3. The summed E-state index contributed by atoms with van der Waals surface area (Å²) >= 11 is 12.4. The zero-order valence-electron chi connectivity index (χ0n) is 24.7. The SMILES string of the molecule is COc1cc(C(=O)O)ccc1N1C(=O)[C@H]2[C@H](c3cccc(Cl)c3F)[C@@](C#N)(c3ccc(Cl)cc3F)[C@H](CC(C)(C)C)N2[C@@H]1C. The van der Waals surface area contributed by atoms with Gasteiger partial charge in [0.25, 0.3) is 0 Å². The first-order valence-electron chi connectivity index (χ1n) is 14.0. The third-order valence-electron chi connectivity index (χ3n) is 8.68. The molecule has 44 heavy (non-hydrogen) atoms. The summed E-state index contributed by atoms with van der Waals surface area (Å²) in [6, 6.07) is 13.1. The minimum Gasteiger partial charge on any atom is -0.495 e. The molecule has 0 aliphatic carbocycles. The number of methoxy groups -OCH3 is 1. The van der Waals surface area contributed by atoms with Crippen LogP contribution in [0.15, 0.2) is 54.6 Å². The number of aromatic carboxylic acids is 1. The Morgan fingerprint density at radius 3 is 2.43 bits per heavy atom. The van der Waals surface area contributed by atoms with Crippen molar-refractivity contribution in [2.45, 2.75) is 63.7 Å². The van der Waals surface area contributed by atoms with E-state index in [2.05, 4.69) is 6.07 Å². The van der Waals surface area contributed by atoms with Gasteiger partial charge in [0.05, 0.1) is 35.6 Å². The summed E-state index contributed by atoms with van der Waals surface area (Å²) in [7, 11) is 1.37. The van der Waals surface area contributed by atoms with E-state index in [0.29, 0.717) is 12.1 Å². The summed E-state index contributed by atoms with van der Waals surface area (Å²) in [5.74, 6) is -4.23. The van der Waals surface area contributed by atoms with Gasteiger partial charge in [-0.2, -0.15) is 5.26 Å². The van der Waals surface area contributed by atoms with E-state index >= 15 is 8.78 Å². The molecule has 1 N–H and O–H groups in total. The second-order valence-electron chi connectivity index (χ2n) is 12.4. The number of carboxylic acid groups (broad SMARTS) is 1. The quantitative estimate of drug-likeness (QED) is 0.301. The molecule has 0 saturated carbocycles. The zero-order chi connectivity index (χ0) is 32.3. The lowest BCUT2D eigenvalue weighted by molar-refractivity contribution is -0.119. The maximum absolute atomic E-state index is 16.0. The number of carbonyl (C=O) groups is 2. The largest absolute Gasteiger partial charge is 0.495 e. The van der Waals surface area contributed by atoms with Crippen molar-refractivity contribution in [3.8, 4) is 11.8 Å². The number of hydrogen-bond acceptors (Lipinski definition) is 5. The number of carboxylic acids is 1. The molecule has 5 rings (SSSR count). The van der Waals surface area contributed by atoms with Crippen LogP contribution in [0.2, 0.25) is 10.0 Å². The minimum absolute atomic E-state index is 0.00682. The number of nitrogens with zero attached hydrogens (tertiary/aromatic N) is 3. The van der Waals surface area contributed by atoms with Crippen LogP contribution in [-0.2, 0) is 10.2 Å². The predicted octanol–water partition coefficient (Wildman–Crippen LogP) is 7.41. The van der Waals surface area contributed by atoms with Gasteiger partial charge < -0.3 is 9.84 Å². The molecule has 7 nitrogen and oxygen atoms in total. The standard InChI is InChI=1S/C33H31Cl2F2N3O4/c1-17-39(24-12-9-18(31(42)43)13-25(24)44-5)30(41)29-27(20-7-6-8-22(35)28(20)37)33(16-38,21-11-10-19(34)14-23(21)36)26(40(17)29)15-32(2,3)4/h6-14,17,26-27,29H,15H2,1-5H3,(H,42,43)/t17-,26+,27+,29-,33+/m1/s1. The lowest BCUT2D eigenvalue weighted by Crippen LogP contribution is -2.51. The first kappa shape index (κ1) is 31.7. The van der Waals surface area contributed by atoms with E-state index in [1.165, 1.54) is 60.5 Å². The molecule has 1 amide bonds. The topological polar surface area (TPSA) is 93.9 Å². The van der Waals surface area contributed by atoms with Gasteiger partial charge in [-0.05, 0) is 60.7 Å². The van der Waals surface area contributed by atoms with Crippen molar-refractivity contribution < 1.29 is 28.2 Å². The summed E-state index contributed by atoms with van der Waals surface area (Å²) in [5, 5.41) is 20.6. The van der Waals surface area contributed by atoms with Crippen LogP contribution in [0.25, 0.3) is 0 Å². The highest BCUT2D eigenvalue weighted by Crippen LogP contribution is 2.60. The van der Waals surface area contributed by atoms with Gasteiger partial charge in [0.2, 0.25) is 5.91 Å². The van der Waals surface area contributed by atoms with Crippen LogP contribution in [0.1, 0.15) is 61.5 Å². The Morgan fingerprint density at radius 1 is 1.14 bits per heavy atom. The maximum atomic E-state index is 16.0. The molecule has 3 aromatic rings. The smallest absolute Gasteiger partial charge is 0.335 e. The van der Waals surface area contributed by atoms with Gasteiger partial charge >= 0.3 is 5.97 Å². The van der Waals surface area contributed by atoms with Crippen LogP contribution in [0, 0.1) is 28.4 Å². The highest BCUT2D eigenvalue weighted by atomic mass is 35.5. The number of rotatable bonds is 6. The van der Waals surface area contributed by atoms with Crippen molar-refractivity contribution >= 4 is 40.8 Å². The zero-order valence-corrected chi connectivity index (χ0v) is 26.2. The summed E-state index contributed by atoms with van der Waals surface area (Å²) in [4.78, 5) is 29.7. The lowest BCUT2D eigenvalue weighted by atomic mass is 9.62. The van der Waals surface area contributed by atoms with Gasteiger partial charge in [-0.15, -0.1) is 0 Å². The molecular weight excluding hydrogens is 611 g/mol. The molecule has 230 valence electrons. The molecule has 3 aromatic carbocycles. The molecule has 2 heterocycles. The number of hydrogen-bond donors (Lipinski definition) is 1. The minimum atomic E-state index is -1.74. The second-order valence-corrected chi connectivity index (χ2v) is 13.3. The fourth-order valence-electron chi connectivity index (χ4n) is 7.01. The van der Waals surface area contributed by atoms with Crippen LogP contribution in [0.3, 0.4) is 0 Å². The lowest BCUT2D eigenvalue weighted by Gasteiger charge is -2.42. The number of nitriles is 1. The van der Waals surface area contributed by atoms with Crippen molar-refractivity contribution in [2.24, 2.45) is 5.41 Å². The Labute approximate surface area is 264 Å². The number of ether oxygens (including phenoxy) is 1. The molecule has 0 spiro atoms. The van der Waals surface area contributed by atoms with E-state index in [-0.39, 0.29) is 32.5 Å². The summed E-state index contributed by atoms with van der Waals surface area (Å²) in [5.41, 5.74) is -1.87. The summed E-state index contributed by atoms with van der Waals surface area (Å²) < 4.78 is 37.5. The third kappa shape index (κ3) is 4.90. The second kappa shape index (κ2) is 11.3. The highest BCUT2D eigenvalue weighted by Gasteiger charge is 2.69. The Hall–Kier alpha value is -3.71. The van der Waals surface area contributed by atoms with Gasteiger partial charge in [0.15, 0.2) is 0 Å². The van der Waals surface area contributed by atoms with Crippen LogP contribution in [0.4, 0.5) is 14.5 Å². The van der Waals surface area contributed by atoms with Crippen molar-refractivity contribution in [2.75, 3.05) is 12.0 Å². The van der Waals surface area contributed by atoms with E-state index in [1.54, 1.807) is 6.92 Å². The molecule has 11 heteroatoms. The highest BCUT2D eigenvalue weighted by molar-refractivity contribution is 6.31. The fraction of sp³-hybridized carbons (Fsp3) is 0.364. The predicted molar refractivity (Wildman–Crippen MR) is 163 cm³/mol. The van der Waals surface area contributed by atoms with Crippen LogP contribution in [-0.4, -0.2) is 47.2 Å². The third-order valence-corrected chi connectivity index (χ3v) is 9.21. The molecule has 2 aliphatic rings. The molecule has 0 radical (unpaired) electrons. The van der Waals surface area contributed by atoms with Gasteiger partial charge in [0.1, 0.15) is 28.8 Å². The van der Waals surface area contributed by atoms with Crippen LogP contribution < -0.4 is 9.64 Å². The van der Waals surface area contributed by atoms with E-state index < -0.39 is 58.5 Å². The number of halogens is 4. The van der Waals surface area contributed by atoms with Gasteiger partial charge in [-0.3, -0.25) is 14.6 Å². The Morgan fingerprint density at radius 2 is 1.84 bits per heavy atom. The number of amides is 1. The van der Waals surface area contributed by atoms with Crippen LogP contribution >= 0.6 is 23.2 Å². The number of fused-ring (bicyclic) bond motifs is 1. The summed E-state index contributed by atoms with van der Waals surface area (Å²) in [6.45, 7) is 7.70.